The number of hydrogen-bond donors (Lipinski definition) is 0. The Labute approximate surface area is 107 Å². The van der Waals surface area contributed by atoms with Gasteiger partial charge < -0.3 is 0 Å². The topological polar surface area (TPSA) is 0 Å². The van der Waals surface area contributed by atoms with Gasteiger partial charge in [0.25, 0.3) is 0 Å². The zero-order valence-electron chi connectivity index (χ0n) is 10.7. The minimum absolute atomic E-state index is 0.0587. The van der Waals surface area contributed by atoms with Gasteiger partial charge in [-0.05, 0) is 43.9 Å². The minimum atomic E-state index is -4.93. The molecule has 6 unspecified atom stereocenters. The van der Waals surface area contributed by atoms with Gasteiger partial charge in [0, 0.05) is 5.92 Å². The van der Waals surface area contributed by atoms with Crippen LogP contribution < -0.4 is 0 Å². The average molecular weight is 286 g/mol. The van der Waals surface area contributed by atoms with Crippen molar-refractivity contribution in [1.82, 2.24) is 0 Å². The Morgan fingerprint density at radius 2 is 1.37 bits per heavy atom. The molecule has 3 aliphatic rings. The molecule has 0 aromatic rings. The second-order valence-corrected chi connectivity index (χ2v) is 6.58. The summed E-state index contributed by atoms with van der Waals surface area (Å²) in [6, 6.07) is 0. The predicted molar refractivity (Wildman–Crippen MR) is 56.7 cm³/mol. The highest BCUT2D eigenvalue weighted by molar-refractivity contribution is 5.33. The van der Waals surface area contributed by atoms with E-state index in [4.69, 9.17) is 0 Å². The van der Waals surface area contributed by atoms with Crippen molar-refractivity contribution in [3.8, 4) is 0 Å². The molecule has 0 saturated heterocycles. The lowest BCUT2D eigenvalue weighted by molar-refractivity contribution is -0.448. The van der Waals surface area contributed by atoms with Crippen molar-refractivity contribution in [2.45, 2.75) is 56.3 Å². The molecule has 3 fully saturated rings. The lowest BCUT2D eigenvalue weighted by Gasteiger charge is -2.61. The third-order valence-electron chi connectivity index (χ3n) is 5.92. The molecule has 0 amide bonds. The molecule has 0 radical (unpaired) electrons. The molecule has 0 nitrogen and oxygen atoms in total. The van der Waals surface area contributed by atoms with Gasteiger partial charge in [-0.15, -0.1) is 0 Å². The fraction of sp³-hybridized carbons (Fsp3) is 1.00. The van der Waals surface area contributed by atoms with Crippen LogP contribution in [0.25, 0.3) is 0 Å². The fourth-order valence-electron chi connectivity index (χ4n) is 4.77. The number of rotatable bonds is 1. The van der Waals surface area contributed by atoms with Crippen LogP contribution in [0.4, 0.5) is 26.3 Å². The highest BCUT2D eigenvalue weighted by Gasteiger charge is 2.98. The van der Waals surface area contributed by atoms with Gasteiger partial charge >= 0.3 is 11.8 Å². The minimum Gasteiger partial charge on any atom is -0.233 e. The van der Waals surface area contributed by atoms with Crippen molar-refractivity contribution in [3.63, 3.8) is 0 Å². The Balaban J connectivity index is 2.04. The summed E-state index contributed by atoms with van der Waals surface area (Å²) in [5.74, 6) is -12.0. The maximum atomic E-state index is 14.8. The molecule has 3 rings (SSSR count). The monoisotopic (exact) mass is 286 g/mol. The summed E-state index contributed by atoms with van der Waals surface area (Å²) in [6.45, 7) is 1.86. The van der Waals surface area contributed by atoms with Gasteiger partial charge in [-0.3, -0.25) is 0 Å². The summed E-state index contributed by atoms with van der Waals surface area (Å²) in [5, 5.41) is 0. The van der Waals surface area contributed by atoms with E-state index in [0.29, 0.717) is 12.8 Å². The lowest BCUT2D eigenvalue weighted by atomic mass is 9.52. The molecule has 0 aromatic carbocycles. The van der Waals surface area contributed by atoms with Crippen LogP contribution in [0.2, 0.25) is 0 Å². The Hall–Kier alpha value is -0.420. The smallest absolute Gasteiger partial charge is 0.233 e. The summed E-state index contributed by atoms with van der Waals surface area (Å²) in [6.07, 6.45) is 1.88. The Morgan fingerprint density at radius 1 is 0.842 bits per heavy atom. The van der Waals surface area contributed by atoms with Crippen LogP contribution in [0.1, 0.15) is 33.1 Å². The first-order chi connectivity index (χ1) is 8.50. The van der Waals surface area contributed by atoms with Crippen LogP contribution in [0.15, 0.2) is 0 Å². The summed E-state index contributed by atoms with van der Waals surface area (Å²) in [5.41, 5.74) is -7.55. The fourth-order valence-corrected chi connectivity index (χ4v) is 4.77. The second-order valence-electron chi connectivity index (χ2n) is 6.58. The average Bonchev–Trinajstić information content (AvgIpc) is 2.86. The van der Waals surface area contributed by atoms with E-state index in [-0.39, 0.29) is 12.8 Å². The van der Waals surface area contributed by atoms with E-state index in [9.17, 15) is 26.3 Å². The van der Waals surface area contributed by atoms with Crippen LogP contribution in [-0.4, -0.2) is 23.2 Å². The van der Waals surface area contributed by atoms with Gasteiger partial charge in [0.15, 0.2) is 0 Å². The lowest BCUT2D eigenvalue weighted by Crippen LogP contribution is -2.87. The maximum Gasteiger partial charge on any atom is 0.350 e. The molecule has 3 saturated carbocycles. The molecule has 0 heterocycles. The molecule has 6 atom stereocenters. The Morgan fingerprint density at radius 3 is 1.79 bits per heavy atom. The van der Waals surface area contributed by atoms with E-state index < -0.39 is 40.9 Å². The first kappa shape index (κ1) is 13.6. The molecule has 0 spiro atoms. The summed E-state index contributed by atoms with van der Waals surface area (Å²) < 4.78 is 82.6. The predicted octanol–water partition coefficient (Wildman–Crippen LogP) is 4.39. The summed E-state index contributed by atoms with van der Waals surface area (Å²) in [7, 11) is 0. The molecule has 0 N–H and O–H groups in total. The number of alkyl halides is 6. The number of fused-ring (bicyclic) bond motifs is 2. The maximum absolute atomic E-state index is 14.8. The van der Waals surface area contributed by atoms with E-state index in [0.717, 1.165) is 6.42 Å². The van der Waals surface area contributed by atoms with E-state index in [1.807, 2.05) is 0 Å². The number of hydrogen-bond acceptors (Lipinski definition) is 0. The molecule has 6 heteroatoms. The third-order valence-corrected chi connectivity index (χ3v) is 5.92. The molecule has 0 aromatic heterocycles. The van der Waals surface area contributed by atoms with Gasteiger partial charge in [-0.1, -0.05) is 6.92 Å². The number of halogens is 6. The molecule has 3 aliphatic carbocycles. The van der Waals surface area contributed by atoms with Gasteiger partial charge in [0.2, 0.25) is 11.3 Å². The molecular formula is C13H16F6. The molecular weight excluding hydrogens is 270 g/mol. The molecule has 2 bridgehead atoms. The van der Waals surface area contributed by atoms with Crippen molar-refractivity contribution in [3.05, 3.63) is 0 Å². The quantitative estimate of drug-likeness (QED) is 0.627. The van der Waals surface area contributed by atoms with Crippen LogP contribution >= 0.6 is 0 Å². The van der Waals surface area contributed by atoms with E-state index >= 15 is 0 Å². The van der Waals surface area contributed by atoms with E-state index in [1.165, 1.54) is 0 Å². The van der Waals surface area contributed by atoms with Crippen LogP contribution in [0.5, 0.6) is 0 Å². The van der Waals surface area contributed by atoms with Crippen LogP contribution in [0.3, 0.4) is 0 Å². The zero-order valence-corrected chi connectivity index (χ0v) is 10.7. The highest BCUT2D eigenvalue weighted by Crippen LogP contribution is 2.74. The van der Waals surface area contributed by atoms with Crippen LogP contribution in [0, 0.1) is 23.7 Å². The van der Waals surface area contributed by atoms with Crippen molar-refractivity contribution < 1.29 is 26.3 Å². The summed E-state index contributed by atoms with van der Waals surface area (Å²) in [4.78, 5) is 0. The highest BCUT2D eigenvalue weighted by atomic mass is 19.3. The first-order valence-electron chi connectivity index (χ1n) is 6.63. The van der Waals surface area contributed by atoms with Gasteiger partial charge in [-0.2, -0.15) is 17.6 Å². The second kappa shape index (κ2) is 3.25. The Bertz CT molecular complexity index is 395. The first-order valence-corrected chi connectivity index (χ1v) is 6.63. The SMILES string of the molecule is CC1C2CCC(C2)C1C1(F)C(C)(F)C(F)(F)C1(F)F. The normalized spacial score (nSPS) is 58.1. The molecule has 0 aliphatic heterocycles. The standard InChI is InChI=1S/C13H16F6/c1-6-7-3-4-8(5-7)9(6)11(15)10(2,14)12(16,17)13(11,18)19/h6-9H,3-5H2,1-2H3. The summed E-state index contributed by atoms with van der Waals surface area (Å²) >= 11 is 0. The van der Waals surface area contributed by atoms with Gasteiger partial charge in [-0.25, -0.2) is 8.78 Å². The van der Waals surface area contributed by atoms with Crippen molar-refractivity contribution in [2.24, 2.45) is 23.7 Å². The zero-order chi connectivity index (χ0) is 14.4. The largest absolute Gasteiger partial charge is 0.350 e. The van der Waals surface area contributed by atoms with E-state index in [2.05, 4.69) is 0 Å². The van der Waals surface area contributed by atoms with Crippen molar-refractivity contribution in [1.29, 1.82) is 0 Å². The van der Waals surface area contributed by atoms with Crippen molar-refractivity contribution in [2.75, 3.05) is 0 Å². The van der Waals surface area contributed by atoms with Crippen molar-refractivity contribution >= 4 is 0 Å². The van der Waals surface area contributed by atoms with Crippen LogP contribution in [-0.2, 0) is 0 Å². The third kappa shape index (κ3) is 1.09. The molecule has 19 heavy (non-hydrogen) atoms. The molecule has 110 valence electrons. The van der Waals surface area contributed by atoms with E-state index in [1.54, 1.807) is 6.92 Å². The van der Waals surface area contributed by atoms with Gasteiger partial charge in [0.1, 0.15) is 0 Å². The Kier molecular flexibility index (Phi) is 2.32. The van der Waals surface area contributed by atoms with Gasteiger partial charge in [0.05, 0.1) is 0 Å².